The molecule has 0 aliphatic heterocycles. The van der Waals surface area contributed by atoms with E-state index in [1.807, 2.05) is 0 Å². The Kier molecular flexibility index (Phi) is 2.70. The maximum Gasteiger partial charge on any atom is 0.0380 e. The predicted octanol–water partition coefficient (Wildman–Crippen LogP) is 2.52. The number of hydrogen-bond donors (Lipinski definition) is 2. The summed E-state index contributed by atoms with van der Waals surface area (Å²) in [7, 11) is 0. The van der Waals surface area contributed by atoms with Gasteiger partial charge in [-0.25, -0.2) is 0 Å². The van der Waals surface area contributed by atoms with E-state index in [1.165, 1.54) is 20.3 Å². The second-order valence-electron chi connectivity index (χ2n) is 3.98. The van der Waals surface area contributed by atoms with Crippen LogP contribution in [0.1, 0.15) is 35.6 Å². The summed E-state index contributed by atoms with van der Waals surface area (Å²) >= 11 is 2.37. The first-order valence-corrected chi connectivity index (χ1v) is 6.02. The van der Waals surface area contributed by atoms with Crippen LogP contribution in [0.3, 0.4) is 0 Å². The van der Waals surface area contributed by atoms with Crippen LogP contribution in [-0.4, -0.2) is 0 Å². The first-order chi connectivity index (χ1) is 6.61. The fourth-order valence-electron chi connectivity index (χ4n) is 2.19. The predicted molar refractivity (Wildman–Crippen MR) is 68.2 cm³/mol. The molecule has 0 bridgehead atoms. The Morgan fingerprint density at radius 1 is 1.50 bits per heavy atom. The van der Waals surface area contributed by atoms with Crippen LogP contribution in [0.4, 0.5) is 5.69 Å². The summed E-state index contributed by atoms with van der Waals surface area (Å²) < 4.78 is 1.27. The molecule has 0 saturated carbocycles. The molecule has 0 spiro atoms. The van der Waals surface area contributed by atoms with Crippen LogP contribution in [0, 0.1) is 10.5 Å². The van der Waals surface area contributed by atoms with E-state index in [1.54, 1.807) is 0 Å². The van der Waals surface area contributed by atoms with Gasteiger partial charge in [0.05, 0.1) is 0 Å². The van der Waals surface area contributed by atoms with Crippen LogP contribution >= 0.6 is 22.6 Å². The van der Waals surface area contributed by atoms with Crippen molar-refractivity contribution in [3.63, 3.8) is 0 Å². The molecule has 1 aliphatic rings. The van der Waals surface area contributed by atoms with Gasteiger partial charge in [-0.3, -0.25) is 0 Å². The van der Waals surface area contributed by atoms with Crippen LogP contribution < -0.4 is 11.5 Å². The number of hydrogen-bond acceptors (Lipinski definition) is 2. The van der Waals surface area contributed by atoms with Crippen LogP contribution in [-0.2, 0) is 6.42 Å². The zero-order valence-corrected chi connectivity index (χ0v) is 10.5. The van der Waals surface area contributed by atoms with Crippen LogP contribution in [0.15, 0.2) is 6.07 Å². The van der Waals surface area contributed by atoms with E-state index in [-0.39, 0.29) is 6.04 Å². The van der Waals surface area contributed by atoms with Gasteiger partial charge in [-0.15, -0.1) is 0 Å². The van der Waals surface area contributed by atoms with Gasteiger partial charge in [-0.2, -0.15) is 0 Å². The van der Waals surface area contributed by atoms with Crippen LogP contribution in [0.25, 0.3) is 0 Å². The molecule has 0 saturated heterocycles. The molecule has 1 atom stereocenters. The molecule has 3 heteroatoms. The molecule has 0 aromatic heterocycles. The van der Waals surface area contributed by atoms with E-state index in [2.05, 4.69) is 35.6 Å². The fraction of sp³-hybridized carbons (Fsp3) is 0.455. The zero-order valence-electron chi connectivity index (χ0n) is 8.31. The Balaban J connectivity index is 2.66. The molecular weight excluding hydrogens is 287 g/mol. The highest BCUT2D eigenvalue weighted by molar-refractivity contribution is 14.1. The van der Waals surface area contributed by atoms with E-state index < -0.39 is 0 Å². The number of aryl methyl sites for hydroxylation is 1. The number of fused-ring (bicyclic) bond motifs is 1. The van der Waals surface area contributed by atoms with Gasteiger partial charge in [-0.05, 0) is 71.5 Å². The summed E-state index contributed by atoms with van der Waals surface area (Å²) in [5.41, 5.74) is 16.9. The van der Waals surface area contributed by atoms with Gasteiger partial charge in [0.25, 0.3) is 0 Å². The van der Waals surface area contributed by atoms with Gasteiger partial charge in [0, 0.05) is 15.3 Å². The van der Waals surface area contributed by atoms with Crippen molar-refractivity contribution >= 4 is 28.3 Å². The Bertz CT molecular complexity index is 374. The molecule has 14 heavy (non-hydrogen) atoms. The van der Waals surface area contributed by atoms with Crippen LogP contribution in [0.5, 0.6) is 0 Å². The van der Waals surface area contributed by atoms with Crippen LogP contribution in [0.2, 0.25) is 0 Å². The summed E-state index contributed by atoms with van der Waals surface area (Å²) in [6.07, 6.45) is 3.34. The highest BCUT2D eigenvalue weighted by Gasteiger charge is 2.22. The summed E-state index contributed by atoms with van der Waals surface area (Å²) in [5.74, 6) is 0. The minimum atomic E-state index is 0.188. The highest BCUT2D eigenvalue weighted by Crippen LogP contribution is 2.36. The third kappa shape index (κ3) is 1.52. The minimum Gasteiger partial charge on any atom is -0.398 e. The molecular formula is C11H15IN2. The SMILES string of the molecule is Cc1cc(I)c2c(c1N)CCC[C@H]2N. The molecule has 1 aromatic rings. The molecule has 0 unspecified atom stereocenters. The number of nitrogen functional groups attached to an aromatic ring is 1. The fourth-order valence-corrected chi connectivity index (χ4v) is 3.38. The maximum atomic E-state index is 6.11. The number of anilines is 1. The second kappa shape index (κ2) is 3.70. The van der Waals surface area contributed by atoms with Crippen molar-refractivity contribution < 1.29 is 0 Å². The van der Waals surface area contributed by atoms with E-state index in [9.17, 15) is 0 Å². The quantitative estimate of drug-likeness (QED) is 0.571. The number of rotatable bonds is 0. The summed E-state index contributed by atoms with van der Waals surface area (Å²) in [6, 6.07) is 2.33. The molecule has 1 aliphatic carbocycles. The number of halogens is 1. The molecule has 0 heterocycles. The number of benzene rings is 1. The van der Waals surface area contributed by atoms with E-state index in [0.717, 1.165) is 24.9 Å². The molecule has 0 amide bonds. The topological polar surface area (TPSA) is 52.0 Å². The molecule has 0 radical (unpaired) electrons. The lowest BCUT2D eigenvalue weighted by atomic mass is 9.86. The van der Waals surface area contributed by atoms with Crippen molar-refractivity contribution in [1.82, 2.24) is 0 Å². The lowest BCUT2D eigenvalue weighted by Gasteiger charge is -2.26. The standard InChI is InChI=1S/C11H15IN2/c1-6-5-8(12)10-7(11(6)14)3-2-4-9(10)13/h5,9H,2-4,13-14H2,1H3/t9-/m1/s1. The third-order valence-electron chi connectivity index (χ3n) is 2.99. The molecule has 2 rings (SSSR count). The zero-order chi connectivity index (χ0) is 10.3. The van der Waals surface area contributed by atoms with Gasteiger partial charge in [-0.1, -0.05) is 0 Å². The van der Waals surface area contributed by atoms with Crippen molar-refractivity contribution in [2.24, 2.45) is 5.73 Å². The number of nitrogens with two attached hydrogens (primary N) is 2. The van der Waals surface area contributed by atoms with Crippen molar-refractivity contribution in [3.05, 3.63) is 26.3 Å². The molecule has 0 fully saturated rings. The average molecular weight is 302 g/mol. The monoisotopic (exact) mass is 302 g/mol. The lowest BCUT2D eigenvalue weighted by Crippen LogP contribution is -2.20. The molecule has 76 valence electrons. The maximum absolute atomic E-state index is 6.11. The molecule has 4 N–H and O–H groups in total. The summed E-state index contributed by atoms with van der Waals surface area (Å²) in [4.78, 5) is 0. The minimum absolute atomic E-state index is 0.188. The van der Waals surface area contributed by atoms with Crippen molar-refractivity contribution in [2.45, 2.75) is 32.2 Å². The summed E-state index contributed by atoms with van der Waals surface area (Å²) in [6.45, 7) is 2.07. The first-order valence-electron chi connectivity index (χ1n) is 4.94. The Labute approximate surface area is 98.2 Å². The smallest absolute Gasteiger partial charge is 0.0380 e. The van der Waals surface area contributed by atoms with Gasteiger partial charge in [0.1, 0.15) is 0 Å². The largest absolute Gasteiger partial charge is 0.398 e. The molecule has 1 aromatic carbocycles. The van der Waals surface area contributed by atoms with Crippen molar-refractivity contribution in [1.29, 1.82) is 0 Å². The molecule has 2 nitrogen and oxygen atoms in total. The van der Waals surface area contributed by atoms with Gasteiger partial charge in [0.2, 0.25) is 0 Å². The van der Waals surface area contributed by atoms with E-state index in [0.29, 0.717) is 0 Å². The third-order valence-corrected chi connectivity index (χ3v) is 3.88. The van der Waals surface area contributed by atoms with E-state index >= 15 is 0 Å². The van der Waals surface area contributed by atoms with Crippen molar-refractivity contribution in [3.8, 4) is 0 Å². The van der Waals surface area contributed by atoms with Gasteiger partial charge in [0.15, 0.2) is 0 Å². The van der Waals surface area contributed by atoms with Gasteiger partial charge < -0.3 is 11.5 Å². The first kappa shape index (κ1) is 10.2. The highest BCUT2D eigenvalue weighted by atomic mass is 127. The average Bonchev–Trinajstić information content (AvgIpc) is 2.14. The normalized spacial score (nSPS) is 20.6. The van der Waals surface area contributed by atoms with E-state index in [4.69, 9.17) is 11.5 Å². The second-order valence-corrected chi connectivity index (χ2v) is 5.14. The Morgan fingerprint density at radius 3 is 2.93 bits per heavy atom. The Hall–Kier alpha value is -0.290. The summed E-state index contributed by atoms with van der Waals surface area (Å²) in [5, 5.41) is 0. The van der Waals surface area contributed by atoms with Crippen molar-refractivity contribution in [2.75, 3.05) is 5.73 Å². The lowest BCUT2D eigenvalue weighted by molar-refractivity contribution is 0.568. The Morgan fingerprint density at radius 2 is 2.21 bits per heavy atom. The van der Waals surface area contributed by atoms with Gasteiger partial charge >= 0.3 is 0 Å².